The molecule has 1 aliphatic carbocycles. The number of hydrogen-bond donors (Lipinski definition) is 3. The number of hydrogen-bond acceptors (Lipinski definition) is 5. The third-order valence-corrected chi connectivity index (χ3v) is 2.90. The number of nitrogens with one attached hydrogen (secondary N) is 2. The molecule has 0 atom stereocenters. The first-order valence-electron chi connectivity index (χ1n) is 5.74. The average molecular weight is 221 g/mol. The predicted octanol–water partition coefficient (Wildman–Crippen LogP) is 1.70. The Balaban J connectivity index is 2.01. The summed E-state index contributed by atoms with van der Waals surface area (Å²) < 4.78 is 0. The Morgan fingerprint density at radius 1 is 1.31 bits per heavy atom. The Hall–Kier alpha value is -1.52. The Morgan fingerprint density at radius 3 is 2.50 bits per heavy atom. The van der Waals surface area contributed by atoms with Crippen LogP contribution in [0.5, 0.6) is 0 Å². The van der Waals surface area contributed by atoms with Gasteiger partial charge in [0, 0.05) is 19.2 Å². The molecule has 5 nitrogen and oxygen atoms in total. The molecule has 0 aliphatic heterocycles. The largest absolute Gasteiger partial charge is 0.370 e. The molecule has 1 aliphatic rings. The molecule has 0 unspecified atom stereocenters. The van der Waals surface area contributed by atoms with Crippen molar-refractivity contribution in [3.8, 4) is 0 Å². The highest BCUT2D eigenvalue weighted by molar-refractivity contribution is 5.51. The second-order valence-electron chi connectivity index (χ2n) is 4.69. The first kappa shape index (κ1) is 11.0. The lowest BCUT2D eigenvalue weighted by atomic mass is 10.1. The van der Waals surface area contributed by atoms with Crippen molar-refractivity contribution in [2.24, 2.45) is 5.41 Å². The van der Waals surface area contributed by atoms with Crippen LogP contribution < -0.4 is 16.4 Å². The highest BCUT2D eigenvalue weighted by atomic mass is 15.1. The molecule has 1 heterocycles. The van der Waals surface area contributed by atoms with Gasteiger partial charge in [-0.05, 0) is 25.2 Å². The topological polar surface area (TPSA) is 75.9 Å². The molecular formula is C11H19N5. The number of nitrogens with zero attached hydrogens (tertiary/aromatic N) is 2. The van der Waals surface area contributed by atoms with Crippen molar-refractivity contribution in [3.05, 3.63) is 6.07 Å². The summed E-state index contributed by atoms with van der Waals surface area (Å²) in [5, 5.41) is 6.45. The number of rotatable bonds is 5. The van der Waals surface area contributed by atoms with Gasteiger partial charge < -0.3 is 16.4 Å². The number of nitrogens with two attached hydrogens (primary N) is 1. The monoisotopic (exact) mass is 221 g/mol. The molecular weight excluding hydrogens is 202 g/mol. The maximum atomic E-state index is 5.64. The lowest BCUT2D eigenvalue weighted by Gasteiger charge is -2.12. The molecule has 1 saturated carbocycles. The van der Waals surface area contributed by atoms with Crippen LogP contribution in [0.1, 0.15) is 26.7 Å². The summed E-state index contributed by atoms with van der Waals surface area (Å²) >= 11 is 0. The standard InChI is InChI=1S/C11H19N5/c1-3-13-8-6-9(16-10(12)15-8)14-7-11(2)4-5-11/h6H,3-5,7H2,1-2H3,(H4,12,13,14,15,16). The third kappa shape index (κ3) is 2.74. The Kier molecular flexibility index (Phi) is 2.85. The Labute approximate surface area is 95.9 Å². The van der Waals surface area contributed by atoms with Gasteiger partial charge in [0.05, 0.1) is 0 Å². The Bertz CT molecular complexity index is 373. The van der Waals surface area contributed by atoms with E-state index in [1.165, 1.54) is 12.8 Å². The maximum Gasteiger partial charge on any atom is 0.223 e. The fraction of sp³-hybridized carbons (Fsp3) is 0.636. The summed E-state index contributed by atoms with van der Waals surface area (Å²) in [5.74, 6) is 1.89. The SMILES string of the molecule is CCNc1cc(NCC2(C)CC2)nc(N)n1. The van der Waals surface area contributed by atoms with E-state index in [9.17, 15) is 0 Å². The van der Waals surface area contributed by atoms with Crippen molar-refractivity contribution in [2.45, 2.75) is 26.7 Å². The van der Waals surface area contributed by atoms with E-state index >= 15 is 0 Å². The quantitative estimate of drug-likeness (QED) is 0.705. The van der Waals surface area contributed by atoms with E-state index in [4.69, 9.17) is 5.73 Å². The minimum atomic E-state index is 0.307. The number of anilines is 3. The van der Waals surface area contributed by atoms with Crippen molar-refractivity contribution < 1.29 is 0 Å². The van der Waals surface area contributed by atoms with E-state index in [0.717, 1.165) is 24.7 Å². The van der Waals surface area contributed by atoms with E-state index in [2.05, 4.69) is 27.5 Å². The average Bonchev–Trinajstić information content (AvgIpc) is 2.94. The Morgan fingerprint density at radius 2 is 1.94 bits per heavy atom. The smallest absolute Gasteiger partial charge is 0.223 e. The van der Waals surface area contributed by atoms with Crippen LogP contribution >= 0.6 is 0 Å². The summed E-state index contributed by atoms with van der Waals surface area (Å²) in [6, 6.07) is 1.89. The molecule has 4 N–H and O–H groups in total. The minimum absolute atomic E-state index is 0.307. The van der Waals surface area contributed by atoms with Crippen LogP contribution in [-0.4, -0.2) is 23.1 Å². The van der Waals surface area contributed by atoms with Crippen LogP contribution in [0.2, 0.25) is 0 Å². The third-order valence-electron chi connectivity index (χ3n) is 2.90. The fourth-order valence-corrected chi connectivity index (χ4v) is 1.52. The fourth-order valence-electron chi connectivity index (χ4n) is 1.52. The van der Waals surface area contributed by atoms with Gasteiger partial charge in [0.15, 0.2) is 0 Å². The molecule has 0 aromatic carbocycles. The van der Waals surface area contributed by atoms with Crippen molar-refractivity contribution >= 4 is 17.6 Å². The molecule has 16 heavy (non-hydrogen) atoms. The lowest BCUT2D eigenvalue weighted by molar-refractivity contribution is 0.609. The summed E-state index contributed by atoms with van der Waals surface area (Å²) in [7, 11) is 0. The molecule has 0 bridgehead atoms. The zero-order chi connectivity index (χ0) is 11.6. The molecule has 0 saturated heterocycles. The van der Waals surface area contributed by atoms with Crippen molar-refractivity contribution in [1.29, 1.82) is 0 Å². The summed E-state index contributed by atoms with van der Waals surface area (Å²) in [5.41, 5.74) is 6.10. The van der Waals surface area contributed by atoms with E-state index < -0.39 is 0 Å². The highest BCUT2D eigenvalue weighted by Crippen LogP contribution is 2.44. The molecule has 0 radical (unpaired) electrons. The summed E-state index contributed by atoms with van der Waals surface area (Å²) in [6.45, 7) is 6.08. The van der Waals surface area contributed by atoms with E-state index in [0.29, 0.717) is 11.4 Å². The second-order valence-corrected chi connectivity index (χ2v) is 4.69. The van der Waals surface area contributed by atoms with E-state index in [1.54, 1.807) is 0 Å². The summed E-state index contributed by atoms with van der Waals surface area (Å²) in [4.78, 5) is 8.26. The number of nitrogen functional groups attached to an aromatic ring is 1. The molecule has 5 heteroatoms. The van der Waals surface area contributed by atoms with Gasteiger partial charge in [-0.3, -0.25) is 0 Å². The lowest BCUT2D eigenvalue weighted by Crippen LogP contribution is -2.14. The highest BCUT2D eigenvalue weighted by Gasteiger charge is 2.36. The van der Waals surface area contributed by atoms with Crippen LogP contribution in [0.3, 0.4) is 0 Å². The molecule has 0 amide bonds. The first-order chi connectivity index (χ1) is 7.61. The van der Waals surface area contributed by atoms with Crippen LogP contribution in [0, 0.1) is 5.41 Å². The van der Waals surface area contributed by atoms with Gasteiger partial charge in [-0.15, -0.1) is 0 Å². The molecule has 1 fully saturated rings. The van der Waals surface area contributed by atoms with Crippen molar-refractivity contribution in [2.75, 3.05) is 29.5 Å². The normalized spacial score (nSPS) is 16.9. The van der Waals surface area contributed by atoms with Crippen LogP contribution in [0.4, 0.5) is 17.6 Å². The van der Waals surface area contributed by atoms with Gasteiger partial charge in [-0.25, -0.2) is 0 Å². The minimum Gasteiger partial charge on any atom is -0.370 e. The molecule has 1 aromatic heterocycles. The molecule has 0 spiro atoms. The van der Waals surface area contributed by atoms with Crippen LogP contribution in [-0.2, 0) is 0 Å². The van der Waals surface area contributed by atoms with Crippen molar-refractivity contribution in [1.82, 2.24) is 9.97 Å². The van der Waals surface area contributed by atoms with Gasteiger partial charge in [0.2, 0.25) is 5.95 Å². The van der Waals surface area contributed by atoms with Crippen molar-refractivity contribution in [3.63, 3.8) is 0 Å². The zero-order valence-electron chi connectivity index (χ0n) is 9.88. The van der Waals surface area contributed by atoms with Gasteiger partial charge >= 0.3 is 0 Å². The van der Waals surface area contributed by atoms with Gasteiger partial charge in [-0.2, -0.15) is 9.97 Å². The number of aromatic nitrogens is 2. The first-order valence-corrected chi connectivity index (χ1v) is 5.74. The maximum absolute atomic E-state index is 5.64. The van der Waals surface area contributed by atoms with Gasteiger partial charge in [0.1, 0.15) is 11.6 Å². The van der Waals surface area contributed by atoms with Crippen LogP contribution in [0.25, 0.3) is 0 Å². The molecule has 2 rings (SSSR count). The van der Waals surface area contributed by atoms with E-state index in [-0.39, 0.29) is 0 Å². The van der Waals surface area contributed by atoms with Crippen LogP contribution in [0.15, 0.2) is 6.07 Å². The molecule has 88 valence electrons. The summed E-state index contributed by atoms with van der Waals surface area (Å²) in [6.07, 6.45) is 2.58. The van der Waals surface area contributed by atoms with Gasteiger partial charge in [-0.1, -0.05) is 6.92 Å². The predicted molar refractivity (Wildman–Crippen MR) is 66.4 cm³/mol. The molecule has 1 aromatic rings. The second kappa shape index (κ2) is 4.15. The zero-order valence-corrected chi connectivity index (χ0v) is 9.88. The van der Waals surface area contributed by atoms with E-state index in [1.807, 2.05) is 13.0 Å². The van der Waals surface area contributed by atoms with Gasteiger partial charge in [0.25, 0.3) is 0 Å².